The molecule has 0 unspecified atom stereocenters. The molecule has 2 heterocycles. The average molecular weight is 416 g/mol. The molecule has 0 aromatic heterocycles. The number of amides is 2. The molecule has 3 rings (SSSR count). The topological polar surface area (TPSA) is 113 Å². The first-order chi connectivity index (χ1) is 13.8. The first-order valence-electron chi connectivity index (χ1n) is 8.85. The van der Waals surface area contributed by atoms with Gasteiger partial charge in [0.2, 0.25) is 5.91 Å². The predicted molar refractivity (Wildman–Crippen MR) is 106 cm³/mol. The van der Waals surface area contributed by atoms with Gasteiger partial charge in [0.05, 0.1) is 6.42 Å². The van der Waals surface area contributed by atoms with Gasteiger partial charge in [0.15, 0.2) is 0 Å². The van der Waals surface area contributed by atoms with Gasteiger partial charge in [-0.1, -0.05) is 36.9 Å². The van der Waals surface area contributed by atoms with E-state index in [9.17, 15) is 24.3 Å². The second-order valence-corrected chi connectivity index (χ2v) is 7.84. The molecule has 1 aromatic carbocycles. The van der Waals surface area contributed by atoms with E-state index < -0.39 is 29.3 Å². The molecule has 29 heavy (non-hydrogen) atoms. The maximum atomic E-state index is 12.6. The number of carbonyl (C=O) groups is 4. The van der Waals surface area contributed by atoms with E-state index in [1.165, 1.54) is 18.7 Å². The Morgan fingerprint density at radius 1 is 1.31 bits per heavy atom. The highest BCUT2D eigenvalue weighted by Gasteiger charge is 2.54. The van der Waals surface area contributed by atoms with Crippen LogP contribution in [0, 0.1) is 0 Å². The zero-order chi connectivity index (χ0) is 21.1. The monoisotopic (exact) mass is 416 g/mol. The minimum absolute atomic E-state index is 0.131. The summed E-state index contributed by atoms with van der Waals surface area (Å²) in [7, 11) is 0. The van der Waals surface area contributed by atoms with E-state index in [0.29, 0.717) is 5.57 Å². The SMILES string of the molecule is C=C(C)C(=O)OCC1=C(C(=O)O)N2C(=O)[C@@H](NC(=O)Cc3ccccc3)[C@H]2SC1. The van der Waals surface area contributed by atoms with Gasteiger partial charge < -0.3 is 15.2 Å². The van der Waals surface area contributed by atoms with Crippen LogP contribution < -0.4 is 5.32 Å². The van der Waals surface area contributed by atoms with E-state index in [1.54, 1.807) is 0 Å². The second-order valence-electron chi connectivity index (χ2n) is 6.73. The van der Waals surface area contributed by atoms with Gasteiger partial charge in [-0.05, 0) is 12.5 Å². The van der Waals surface area contributed by atoms with Crippen molar-refractivity contribution in [3.8, 4) is 0 Å². The van der Waals surface area contributed by atoms with Crippen LogP contribution in [0.4, 0.5) is 0 Å². The summed E-state index contributed by atoms with van der Waals surface area (Å²) < 4.78 is 5.04. The van der Waals surface area contributed by atoms with Crippen LogP contribution in [0.15, 0.2) is 53.8 Å². The number of nitrogens with zero attached hydrogens (tertiary/aromatic N) is 1. The van der Waals surface area contributed by atoms with Gasteiger partial charge in [0, 0.05) is 16.9 Å². The van der Waals surface area contributed by atoms with Gasteiger partial charge in [-0.15, -0.1) is 11.8 Å². The van der Waals surface area contributed by atoms with Crippen molar-refractivity contribution in [2.45, 2.75) is 24.8 Å². The molecular weight excluding hydrogens is 396 g/mol. The maximum Gasteiger partial charge on any atom is 0.352 e. The Morgan fingerprint density at radius 3 is 2.62 bits per heavy atom. The maximum absolute atomic E-state index is 12.6. The number of hydrogen-bond donors (Lipinski definition) is 2. The summed E-state index contributed by atoms with van der Waals surface area (Å²) in [6.07, 6.45) is 0.131. The van der Waals surface area contributed by atoms with E-state index in [1.807, 2.05) is 30.3 Å². The molecule has 8 nitrogen and oxygen atoms in total. The molecule has 2 aliphatic rings. The minimum Gasteiger partial charge on any atom is -0.477 e. The Balaban J connectivity index is 1.68. The van der Waals surface area contributed by atoms with Crippen LogP contribution in [0.1, 0.15) is 12.5 Å². The molecule has 152 valence electrons. The Morgan fingerprint density at radius 2 is 2.00 bits per heavy atom. The standard InChI is InChI=1S/C20H20N2O6S/c1-11(2)20(27)28-9-13-10-29-18-15(17(24)22(18)16(13)19(25)26)21-14(23)8-12-6-4-3-5-7-12/h3-7,15,18H,1,8-10H2,2H3,(H,21,23)(H,25,26)/t15-,18-/m1/s1. The van der Waals surface area contributed by atoms with Crippen LogP contribution in [-0.2, 0) is 30.3 Å². The number of rotatable bonds is 7. The number of carboxylic acid groups (broad SMARTS) is 1. The van der Waals surface area contributed by atoms with Crippen LogP contribution in [0.5, 0.6) is 0 Å². The zero-order valence-corrected chi connectivity index (χ0v) is 16.5. The van der Waals surface area contributed by atoms with Crippen molar-refractivity contribution in [3.05, 3.63) is 59.3 Å². The Labute approximate surface area is 171 Å². The molecule has 1 saturated heterocycles. The van der Waals surface area contributed by atoms with Crippen molar-refractivity contribution >= 4 is 35.5 Å². The lowest BCUT2D eigenvalue weighted by Crippen LogP contribution is -2.70. The lowest BCUT2D eigenvalue weighted by molar-refractivity contribution is -0.150. The van der Waals surface area contributed by atoms with E-state index in [-0.39, 0.29) is 36.0 Å². The highest BCUT2D eigenvalue weighted by Crippen LogP contribution is 2.40. The number of nitrogens with one attached hydrogen (secondary N) is 1. The lowest BCUT2D eigenvalue weighted by Gasteiger charge is -2.49. The van der Waals surface area contributed by atoms with Crippen molar-refractivity contribution in [1.82, 2.24) is 10.2 Å². The highest BCUT2D eigenvalue weighted by molar-refractivity contribution is 8.00. The second kappa shape index (κ2) is 8.52. The van der Waals surface area contributed by atoms with E-state index >= 15 is 0 Å². The first kappa shape index (κ1) is 20.7. The summed E-state index contributed by atoms with van der Waals surface area (Å²) in [6, 6.07) is 8.33. The van der Waals surface area contributed by atoms with Crippen LogP contribution in [0.3, 0.4) is 0 Å². The van der Waals surface area contributed by atoms with Crippen LogP contribution in [-0.4, -0.2) is 57.5 Å². The molecule has 1 aromatic rings. The Kier molecular flexibility index (Phi) is 6.07. The highest BCUT2D eigenvalue weighted by atomic mass is 32.2. The predicted octanol–water partition coefficient (Wildman–Crippen LogP) is 1.09. The van der Waals surface area contributed by atoms with Gasteiger partial charge in [0.25, 0.3) is 5.91 Å². The summed E-state index contributed by atoms with van der Waals surface area (Å²) in [5, 5.41) is 11.8. The van der Waals surface area contributed by atoms with Crippen molar-refractivity contribution in [3.63, 3.8) is 0 Å². The van der Waals surface area contributed by atoms with Gasteiger partial charge in [0.1, 0.15) is 23.7 Å². The minimum atomic E-state index is -1.28. The fourth-order valence-electron chi connectivity index (χ4n) is 3.08. The third-order valence-electron chi connectivity index (χ3n) is 4.50. The molecule has 0 saturated carbocycles. The van der Waals surface area contributed by atoms with Crippen molar-refractivity contribution in [2.24, 2.45) is 0 Å². The molecule has 2 N–H and O–H groups in total. The Bertz CT molecular complexity index is 911. The van der Waals surface area contributed by atoms with Crippen molar-refractivity contribution < 1.29 is 29.0 Å². The smallest absolute Gasteiger partial charge is 0.352 e. The van der Waals surface area contributed by atoms with E-state index in [2.05, 4.69) is 11.9 Å². The summed E-state index contributed by atoms with van der Waals surface area (Å²) in [5.74, 6) is -2.44. The molecule has 0 bridgehead atoms. The third-order valence-corrected chi connectivity index (χ3v) is 5.84. The van der Waals surface area contributed by atoms with Crippen LogP contribution >= 0.6 is 11.8 Å². The molecule has 0 aliphatic carbocycles. The number of benzene rings is 1. The van der Waals surface area contributed by atoms with Gasteiger partial charge >= 0.3 is 11.9 Å². The number of ether oxygens (including phenoxy) is 1. The summed E-state index contributed by atoms with van der Waals surface area (Å²) in [6.45, 7) is 4.73. The summed E-state index contributed by atoms with van der Waals surface area (Å²) in [4.78, 5) is 49.3. The average Bonchev–Trinajstić information content (AvgIpc) is 2.69. The fourth-order valence-corrected chi connectivity index (χ4v) is 4.40. The van der Waals surface area contributed by atoms with Gasteiger partial charge in [-0.2, -0.15) is 0 Å². The van der Waals surface area contributed by atoms with E-state index in [4.69, 9.17) is 4.74 Å². The molecule has 0 radical (unpaired) electrons. The molecule has 1 fully saturated rings. The van der Waals surface area contributed by atoms with Gasteiger partial charge in [-0.3, -0.25) is 14.5 Å². The molecular formula is C20H20N2O6S. The number of hydrogen-bond acceptors (Lipinski definition) is 6. The number of β-lactam (4-membered cyclic amide) rings is 1. The number of carboxylic acids is 1. The van der Waals surface area contributed by atoms with Crippen molar-refractivity contribution in [1.29, 1.82) is 0 Å². The van der Waals surface area contributed by atoms with Gasteiger partial charge in [-0.25, -0.2) is 9.59 Å². The summed E-state index contributed by atoms with van der Waals surface area (Å²) >= 11 is 1.32. The number of aliphatic carboxylic acids is 1. The van der Waals surface area contributed by atoms with E-state index in [0.717, 1.165) is 10.5 Å². The molecule has 2 amide bonds. The zero-order valence-electron chi connectivity index (χ0n) is 15.7. The Hall–Kier alpha value is -3.07. The van der Waals surface area contributed by atoms with Crippen molar-refractivity contribution in [2.75, 3.05) is 12.4 Å². The lowest BCUT2D eigenvalue weighted by atomic mass is 10.0. The number of carbonyl (C=O) groups excluding carboxylic acids is 3. The molecule has 2 atom stereocenters. The number of fused-ring (bicyclic) bond motifs is 1. The normalized spacial score (nSPS) is 20.4. The fraction of sp³-hybridized carbons (Fsp3) is 0.300. The number of esters is 1. The summed E-state index contributed by atoms with van der Waals surface area (Å²) in [5.41, 5.74) is 1.15. The molecule has 0 spiro atoms. The number of thioether (sulfide) groups is 1. The quantitative estimate of drug-likeness (QED) is 0.389. The molecule has 2 aliphatic heterocycles. The third kappa shape index (κ3) is 4.34. The van der Waals surface area contributed by atoms with Crippen LogP contribution in [0.2, 0.25) is 0 Å². The van der Waals surface area contributed by atoms with Crippen LogP contribution in [0.25, 0.3) is 0 Å². The molecule has 9 heteroatoms. The largest absolute Gasteiger partial charge is 0.477 e. The first-order valence-corrected chi connectivity index (χ1v) is 9.90.